The molecule has 1 aliphatic heterocycles. The van der Waals surface area contributed by atoms with Crippen molar-refractivity contribution in [1.82, 2.24) is 4.90 Å². The van der Waals surface area contributed by atoms with Gasteiger partial charge in [0.1, 0.15) is 0 Å². The van der Waals surface area contributed by atoms with E-state index in [4.69, 9.17) is 4.74 Å². The summed E-state index contributed by atoms with van der Waals surface area (Å²) in [6.07, 6.45) is 5.95. The molecule has 1 atom stereocenters. The molecule has 0 bridgehead atoms. The highest BCUT2D eigenvalue weighted by Gasteiger charge is 2.20. The lowest BCUT2D eigenvalue weighted by Gasteiger charge is -2.12. The zero-order valence-electron chi connectivity index (χ0n) is 7.42. The summed E-state index contributed by atoms with van der Waals surface area (Å²) in [5.41, 5.74) is 0. The van der Waals surface area contributed by atoms with E-state index in [-0.39, 0.29) is 0 Å². The van der Waals surface area contributed by atoms with E-state index in [1.165, 1.54) is 13.0 Å². The van der Waals surface area contributed by atoms with E-state index in [0.29, 0.717) is 6.10 Å². The quantitative estimate of drug-likeness (QED) is 0.569. The number of methoxy groups -OCH3 is 1. The van der Waals surface area contributed by atoms with Gasteiger partial charge >= 0.3 is 0 Å². The molecular weight excluding hydrogens is 138 g/mol. The van der Waals surface area contributed by atoms with E-state index < -0.39 is 0 Å². The van der Waals surface area contributed by atoms with Crippen LogP contribution in [0, 0.1) is 0 Å². The van der Waals surface area contributed by atoms with Gasteiger partial charge in [0.15, 0.2) is 0 Å². The maximum Gasteiger partial charge on any atom is 0.0710 e. The van der Waals surface area contributed by atoms with Gasteiger partial charge in [0.2, 0.25) is 0 Å². The average molecular weight is 155 g/mol. The summed E-state index contributed by atoms with van der Waals surface area (Å²) in [6.45, 7) is 5.42. The second-order valence-electron chi connectivity index (χ2n) is 2.97. The Labute approximate surface area is 68.8 Å². The molecule has 64 valence electrons. The van der Waals surface area contributed by atoms with Crippen LogP contribution in [-0.2, 0) is 4.74 Å². The molecule has 0 aromatic heterocycles. The third-order valence-corrected chi connectivity index (χ3v) is 2.16. The molecular formula is C9H17NO. The molecule has 1 heterocycles. The maximum absolute atomic E-state index is 5.26. The Morgan fingerprint density at radius 2 is 2.45 bits per heavy atom. The summed E-state index contributed by atoms with van der Waals surface area (Å²) in [7, 11) is 1.80. The number of allylic oxidation sites excluding steroid dienone is 1. The largest absolute Gasteiger partial charge is 0.380 e. The Bertz CT molecular complexity index is 134. The molecule has 1 fully saturated rings. The first-order valence-electron chi connectivity index (χ1n) is 4.23. The van der Waals surface area contributed by atoms with Gasteiger partial charge in [-0.3, -0.25) is 4.90 Å². The monoisotopic (exact) mass is 155 g/mol. The van der Waals surface area contributed by atoms with Gasteiger partial charge in [0, 0.05) is 26.7 Å². The summed E-state index contributed by atoms with van der Waals surface area (Å²) >= 11 is 0. The average Bonchev–Trinajstić information content (AvgIpc) is 2.48. The fourth-order valence-corrected chi connectivity index (χ4v) is 1.41. The highest BCUT2D eigenvalue weighted by atomic mass is 16.5. The molecule has 1 rings (SSSR count). The Morgan fingerprint density at radius 3 is 3.00 bits per heavy atom. The van der Waals surface area contributed by atoms with E-state index in [1.807, 2.05) is 0 Å². The first kappa shape index (κ1) is 8.75. The Morgan fingerprint density at radius 1 is 1.64 bits per heavy atom. The van der Waals surface area contributed by atoms with Crippen LogP contribution in [0.5, 0.6) is 0 Å². The molecule has 2 nitrogen and oxygen atoms in total. The van der Waals surface area contributed by atoms with Gasteiger partial charge in [-0.2, -0.15) is 0 Å². The van der Waals surface area contributed by atoms with Crippen molar-refractivity contribution in [2.45, 2.75) is 19.4 Å². The van der Waals surface area contributed by atoms with E-state index in [1.54, 1.807) is 7.11 Å². The second-order valence-corrected chi connectivity index (χ2v) is 2.97. The van der Waals surface area contributed by atoms with E-state index in [2.05, 4.69) is 24.0 Å². The molecule has 1 saturated heterocycles. The molecule has 0 aliphatic carbocycles. The van der Waals surface area contributed by atoms with Crippen molar-refractivity contribution < 1.29 is 4.74 Å². The fraction of sp³-hybridized carbons (Fsp3) is 0.778. The molecule has 0 N–H and O–H groups in total. The fourth-order valence-electron chi connectivity index (χ4n) is 1.41. The summed E-state index contributed by atoms with van der Waals surface area (Å²) < 4.78 is 5.26. The number of hydrogen-bond donors (Lipinski definition) is 0. The van der Waals surface area contributed by atoms with E-state index in [9.17, 15) is 0 Å². The van der Waals surface area contributed by atoms with Crippen molar-refractivity contribution in [3.8, 4) is 0 Å². The van der Waals surface area contributed by atoms with Crippen molar-refractivity contribution in [3.05, 3.63) is 12.2 Å². The van der Waals surface area contributed by atoms with Crippen LogP contribution in [0.2, 0.25) is 0 Å². The topological polar surface area (TPSA) is 12.5 Å². The summed E-state index contributed by atoms with van der Waals surface area (Å²) in [6, 6.07) is 0. The van der Waals surface area contributed by atoms with Crippen LogP contribution in [0.15, 0.2) is 12.2 Å². The lowest BCUT2D eigenvalue weighted by atomic mass is 10.3. The van der Waals surface area contributed by atoms with Gasteiger partial charge in [-0.15, -0.1) is 0 Å². The van der Waals surface area contributed by atoms with Crippen LogP contribution in [0.25, 0.3) is 0 Å². The van der Waals surface area contributed by atoms with Gasteiger partial charge < -0.3 is 4.74 Å². The van der Waals surface area contributed by atoms with Crippen LogP contribution in [0.4, 0.5) is 0 Å². The Hall–Kier alpha value is -0.340. The van der Waals surface area contributed by atoms with Crippen LogP contribution >= 0.6 is 0 Å². The molecule has 0 radical (unpaired) electrons. The lowest BCUT2D eigenvalue weighted by Crippen LogP contribution is -2.22. The van der Waals surface area contributed by atoms with E-state index >= 15 is 0 Å². The number of ether oxygens (including phenoxy) is 1. The minimum Gasteiger partial charge on any atom is -0.380 e. The second kappa shape index (κ2) is 4.52. The minimum absolute atomic E-state index is 0.472. The normalized spacial score (nSPS) is 26.9. The Balaban J connectivity index is 2.19. The maximum atomic E-state index is 5.26. The van der Waals surface area contributed by atoms with Gasteiger partial charge in [0.25, 0.3) is 0 Å². The van der Waals surface area contributed by atoms with Crippen molar-refractivity contribution in [2.24, 2.45) is 0 Å². The SMILES string of the molecule is C/C=C/CN1CC[C@@H](OC)C1. The van der Waals surface area contributed by atoms with Gasteiger partial charge in [-0.05, 0) is 13.3 Å². The zero-order valence-corrected chi connectivity index (χ0v) is 7.42. The number of likely N-dealkylation sites (tertiary alicyclic amines) is 1. The lowest BCUT2D eigenvalue weighted by molar-refractivity contribution is 0.109. The van der Waals surface area contributed by atoms with Gasteiger partial charge in [-0.25, -0.2) is 0 Å². The summed E-state index contributed by atoms with van der Waals surface area (Å²) in [4.78, 5) is 2.41. The third kappa shape index (κ3) is 2.64. The van der Waals surface area contributed by atoms with Gasteiger partial charge in [0.05, 0.1) is 6.10 Å². The van der Waals surface area contributed by atoms with Crippen LogP contribution < -0.4 is 0 Å². The molecule has 0 amide bonds. The minimum atomic E-state index is 0.472. The molecule has 0 unspecified atom stereocenters. The van der Waals surface area contributed by atoms with E-state index in [0.717, 1.165) is 13.1 Å². The number of nitrogens with zero attached hydrogens (tertiary/aromatic N) is 1. The zero-order chi connectivity index (χ0) is 8.10. The number of rotatable bonds is 3. The van der Waals surface area contributed by atoms with Crippen molar-refractivity contribution in [3.63, 3.8) is 0 Å². The molecule has 2 heteroatoms. The number of hydrogen-bond acceptors (Lipinski definition) is 2. The smallest absolute Gasteiger partial charge is 0.0710 e. The highest BCUT2D eigenvalue weighted by molar-refractivity contribution is 4.85. The summed E-state index contributed by atoms with van der Waals surface area (Å²) in [5.74, 6) is 0. The first-order valence-corrected chi connectivity index (χ1v) is 4.23. The third-order valence-electron chi connectivity index (χ3n) is 2.16. The van der Waals surface area contributed by atoms with Crippen LogP contribution in [0.1, 0.15) is 13.3 Å². The van der Waals surface area contributed by atoms with Crippen molar-refractivity contribution in [1.29, 1.82) is 0 Å². The molecule has 11 heavy (non-hydrogen) atoms. The molecule has 0 aromatic carbocycles. The predicted octanol–water partition coefficient (Wildman–Crippen LogP) is 1.28. The van der Waals surface area contributed by atoms with Crippen molar-refractivity contribution in [2.75, 3.05) is 26.7 Å². The van der Waals surface area contributed by atoms with Gasteiger partial charge in [-0.1, -0.05) is 12.2 Å². The predicted molar refractivity (Wildman–Crippen MR) is 46.7 cm³/mol. The van der Waals surface area contributed by atoms with Crippen LogP contribution in [0.3, 0.4) is 0 Å². The summed E-state index contributed by atoms with van der Waals surface area (Å²) in [5, 5.41) is 0. The Kier molecular flexibility index (Phi) is 3.60. The standard InChI is InChI=1S/C9H17NO/c1-3-4-6-10-7-5-9(8-10)11-2/h3-4,9H,5-8H2,1-2H3/b4-3+/t9-/m1/s1. The molecule has 1 aliphatic rings. The molecule has 0 saturated carbocycles. The van der Waals surface area contributed by atoms with Crippen LogP contribution in [-0.4, -0.2) is 37.7 Å². The first-order chi connectivity index (χ1) is 5.36. The molecule has 0 spiro atoms. The highest BCUT2D eigenvalue weighted by Crippen LogP contribution is 2.10. The molecule has 0 aromatic rings. The van der Waals surface area contributed by atoms with Crippen molar-refractivity contribution >= 4 is 0 Å².